The van der Waals surface area contributed by atoms with Crippen molar-refractivity contribution in [2.45, 2.75) is 31.7 Å². The molecule has 120 valence electrons. The number of rotatable bonds is 9. The van der Waals surface area contributed by atoms with E-state index < -0.39 is 0 Å². The summed E-state index contributed by atoms with van der Waals surface area (Å²) in [4.78, 5) is 25.2. The largest absolute Gasteiger partial charge is 0.355 e. The van der Waals surface area contributed by atoms with E-state index in [0.717, 1.165) is 25.7 Å². The van der Waals surface area contributed by atoms with E-state index in [1.807, 2.05) is 18.2 Å². The van der Waals surface area contributed by atoms with Gasteiger partial charge in [0.25, 0.3) is 0 Å². The first-order valence-electron chi connectivity index (χ1n) is 7.92. The first kappa shape index (κ1) is 16.5. The molecule has 0 atom stereocenters. The zero-order chi connectivity index (χ0) is 15.8. The van der Waals surface area contributed by atoms with Gasteiger partial charge in [0.15, 0.2) is 0 Å². The Morgan fingerprint density at radius 2 is 1.82 bits per heavy atom. The lowest BCUT2D eigenvalue weighted by Gasteiger charge is -2.15. The first-order chi connectivity index (χ1) is 10.6. The van der Waals surface area contributed by atoms with Gasteiger partial charge >= 0.3 is 0 Å². The molecule has 0 unspecified atom stereocenters. The van der Waals surface area contributed by atoms with Gasteiger partial charge in [-0.25, -0.2) is 0 Å². The minimum absolute atomic E-state index is 0.00174. The molecule has 22 heavy (non-hydrogen) atoms. The number of nitrogens with zero attached hydrogens (tertiary/aromatic N) is 1. The Morgan fingerprint density at radius 1 is 1.14 bits per heavy atom. The molecule has 5 nitrogen and oxygen atoms in total. The molecule has 0 spiro atoms. The van der Waals surface area contributed by atoms with Crippen LogP contribution in [0.5, 0.6) is 0 Å². The van der Waals surface area contributed by atoms with Gasteiger partial charge in [-0.1, -0.05) is 30.3 Å². The molecule has 0 heterocycles. The molecule has 2 rings (SSSR count). The number of aryl methyl sites for hydroxylation is 1. The lowest BCUT2D eigenvalue weighted by Crippen LogP contribution is -2.41. The molecule has 1 saturated carbocycles. The number of amides is 2. The molecule has 0 radical (unpaired) electrons. The van der Waals surface area contributed by atoms with Crippen molar-refractivity contribution in [2.24, 2.45) is 0 Å². The van der Waals surface area contributed by atoms with Crippen LogP contribution in [0.4, 0.5) is 0 Å². The van der Waals surface area contributed by atoms with Crippen LogP contribution in [-0.2, 0) is 16.0 Å². The van der Waals surface area contributed by atoms with E-state index in [-0.39, 0.29) is 24.9 Å². The van der Waals surface area contributed by atoms with Crippen LogP contribution in [0.2, 0.25) is 0 Å². The summed E-state index contributed by atoms with van der Waals surface area (Å²) in [6.45, 7) is 1.19. The SMILES string of the molecule is CN(CC(=O)NCCCc1ccccc1)CC(=O)NC1CC1. The second-order valence-electron chi connectivity index (χ2n) is 5.95. The molecule has 0 bridgehead atoms. The molecule has 2 amide bonds. The Hall–Kier alpha value is -1.88. The number of benzene rings is 1. The predicted molar refractivity (Wildman–Crippen MR) is 86.4 cm³/mol. The summed E-state index contributed by atoms with van der Waals surface area (Å²) in [5.74, 6) is -0.0309. The smallest absolute Gasteiger partial charge is 0.234 e. The third kappa shape index (κ3) is 6.72. The second-order valence-corrected chi connectivity index (χ2v) is 5.95. The van der Waals surface area contributed by atoms with Crippen molar-refractivity contribution in [3.05, 3.63) is 35.9 Å². The van der Waals surface area contributed by atoms with E-state index in [1.165, 1.54) is 5.56 Å². The number of carbonyl (C=O) groups is 2. The molecular weight excluding hydrogens is 278 g/mol. The van der Waals surface area contributed by atoms with Crippen molar-refractivity contribution >= 4 is 11.8 Å². The molecule has 5 heteroatoms. The molecule has 2 N–H and O–H groups in total. The first-order valence-corrected chi connectivity index (χ1v) is 7.92. The molecule has 1 aromatic rings. The van der Waals surface area contributed by atoms with Crippen LogP contribution in [0.1, 0.15) is 24.8 Å². The van der Waals surface area contributed by atoms with E-state index in [0.29, 0.717) is 12.6 Å². The molecule has 0 saturated heterocycles. The number of hydrogen-bond donors (Lipinski definition) is 2. The van der Waals surface area contributed by atoms with Crippen LogP contribution in [-0.4, -0.2) is 49.4 Å². The molecule has 1 aromatic carbocycles. The van der Waals surface area contributed by atoms with E-state index >= 15 is 0 Å². The molecule has 0 aromatic heterocycles. The third-order valence-corrected chi connectivity index (χ3v) is 3.58. The quantitative estimate of drug-likeness (QED) is 0.668. The molecule has 1 fully saturated rings. The van der Waals surface area contributed by atoms with Crippen molar-refractivity contribution in [1.82, 2.24) is 15.5 Å². The average molecular weight is 303 g/mol. The lowest BCUT2D eigenvalue weighted by molar-refractivity contribution is -0.124. The summed E-state index contributed by atoms with van der Waals surface area (Å²) >= 11 is 0. The van der Waals surface area contributed by atoms with E-state index in [1.54, 1.807) is 11.9 Å². The molecule has 1 aliphatic rings. The highest BCUT2D eigenvalue weighted by Gasteiger charge is 2.23. The second kappa shape index (κ2) is 8.54. The van der Waals surface area contributed by atoms with Gasteiger partial charge in [0.05, 0.1) is 13.1 Å². The van der Waals surface area contributed by atoms with Crippen molar-refractivity contribution in [3.8, 4) is 0 Å². The van der Waals surface area contributed by atoms with Crippen molar-refractivity contribution in [1.29, 1.82) is 0 Å². The Kier molecular flexibility index (Phi) is 6.40. The van der Waals surface area contributed by atoms with E-state index in [4.69, 9.17) is 0 Å². The van der Waals surface area contributed by atoms with Crippen LogP contribution in [0.3, 0.4) is 0 Å². The summed E-state index contributed by atoms with van der Waals surface area (Å²) in [7, 11) is 1.79. The van der Waals surface area contributed by atoms with Gasteiger partial charge in [0.1, 0.15) is 0 Å². The number of likely N-dealkylation sites (N-methyl/N-ethyl adjacent to an activating group) is 1. The van der Waals surface area contributed by atoms with Crippen molar-refractivity contribution in [2.75, 3.05) is 26.7 Å². The normalized spacial score (nSPS) is 13.9. The van der Waals surface area contributed by atoms with Gasteiger partial charge in [-0.05, 0) is 38.3 Å². The predicted octanol–water partition coefficient (Wildman–Crippen LogP) is 0.946. The van der Waals surface area contributed by atoms with Gasteiger partial charge in [-0.2, -0.15) is 0 Å². The molecule has 0 aliphatic heterocycles. The van der Waals surface area contributed by atoms with Gasteiger partial charge in [-0.3, -0.25) is 14.5 Å². The standard InChI is InChI=1S/C17H25N3O2/c1-20(13-17(22)19-15-9-10-15)12-16(21)18-11-5-8-14-6-3-2-4-7-14/h2-4,6-7,15H,5,8-13H2,1H3,(H,18,21)(H,19,22). The van der Waals surface area contributed by atoms with Crippen LogP contribution >= 0.6 is 0 Å². The Labute approximate surface area is 132 Å². The highest BCUT2D eigenvalue weighted by molar-refractivity contribution is 5.81. The number of nitrogens with one attached hydrogen (secondary N) is 2. The molecular formula is C17H25N3O2. The van der Waals surface area contributed by atoms with E-state index in [2.05, 4.69) is 22.8 Å². The van der Waals surface area contributed by atoms with E-state index in [9.17, 15) is 9.59 Å². The van der Waals surface area contributed by atoms with Gasteiger partial charge in [-0.15, -0.1) is 0 Å². The zero-order valence-corrected chi connectivity index (χ0v) is 13.2. The van der Waals surface area contributed by atoms with Crippen molar-refractivity contribution in [3.63, 3.8) is 0 Å². The fraction of sp³-hybridized carbons (Fsp3) is 0.529. The van der Waals surface area contributed by atoms with Crippen molar-refractivity contribution < 1.29 is 9.59 Å². The minimum atomic E-state index is -0.0326. The Balaban J connectivity index is 1.53. The van der Waals surface area contributed by atoms with Gasteiger partial charge in [0, 0.05) is 12.6 Å². The molecule has 1 aliphatic carbocycles. The monoisotopic (exact) mass is 303 g/mol. The van der Waals surface area contributed by atoms with Crippen LogP contribution in [0.25, 0.3) is 0 Å². The highest BCUT2D eigenvalue weighted by Crippen LogP contribution is 2.18. The average Bonchev–Trinajstić information content (AvgIpc) is 3.28. The van der Waals surface area contributed by atoms with Gasteiger partial charge in [0.2, 0.25) is 11.8 Å². The maximum absolute atomic E-state index is 11.8. The fourth-order valence-electron chi connectivity index (χ4n) is 2.27. The van der Waals surface area contributed by atoms with Crippen LogP contribution in [0, 0.1) is 0 Å². The number of hydrogen-bond acceptors (Lipinski definition) is 3. The zero-order valence-electron chi connectivity index (χ0n) is 13.2. The fourth-order valence-corrected chi connectivity index (χ4v) is 2.27. The maximum Gasteiger partial charge on any atom is 0.234 e. The summed E-state index contributed by atoms with van der Waals surface area (Å²) in [5.41, 5.74) is 1.28. The van der Waals surface area contributed by atoms with Crippen LogP contribution < -0.4 is 10.6 Å². The third-order valence-electron chi connectivity index (χ3n) is 3.58. The number of carbonyl (C=O) groups excluding carboxylic acids is 2. The summed E-state index contributed by atoms with van der Waals surface area (Å²) in [5, 5.41) is 5.81. The lowest BCUT2D eigenvalue weighted by atomic mass is 10.1. The Morgan fingerprint density at radius 3 is 2.50 bits per heavy atom. The maximum atomic E-state index is 11.8. The summed E-state index contributed by atoms with van der Waals surface area (Å²) in [6, 6.07) is 10.6. The Bertz CT molecular complexity index is 486. The van der Waals surface area contributed by atoms with Crippen LogP contribution in [0.15, 0.2) is 30.3 Å². The topological polar surface area (TPSA) is 61.4 Å². The summed E-state index contributed by atoms with van der Waals surface area (Å²) in [6.07, 6.45) is 4.04. The minimum Gasteiger partial charge on any atom is -0.355 e. The van der Waals surface area contributed by atoms with Gasteiger partial charge < -0.3 is 10.6 Å². The summed E-state index contributed by atoms with van der Waals surface area (Å²) < 4.78 is 0. The highest BCUT2D eigenvalue weighted by atomic mass is 16.2.